The van der Waals surface area contributed by atoms with Crippen LogP contribution in [0, 0.1) is 0 Å². The number of nitrogens with two attached hydrogens (primary N) is 1. The fraction of sp³-hybridized carbons (Fsp3) is 0.154. The van der Waals surface area contributed by atoms with Crippen LogP contribution in [0.15, 0.2) is 40.6 Å². The molecule has 0 aliphatic rings. The van der Waals surface area contributed by atoms with Crippen molar-refractivity contribution in [3.63, 3.8) is 0 Å². The van der Waals surface area contributed by atoms with Crippen LogP contribution in [0.4, 0.5) is 0 Å². The van der Waals surface area contributed by atoms with E-state index in [1.165, 1.54) is 18.2 Å². The molecule has 2 aromatic rings. The minimum absolute atomic E-state index is 0.0960. The van der Waals surface area contributed by atoms with Crippen molar-refractivity contribution in [2.45, 2.75) is 11.3 Å². The zero-order valence-corrected chi connectivity index (χ0v) is 14.1. The Morgan fingerprint density at radius 3 is 2.71 bits per heavy atom. The molecule has 0 bridgehead atoms. The first-order valence-corrected chi connectivity index (χ1v) is 9.16. The minimum atomic E-state index is -3.59. The molecular formula is C13H13ClN2O2S3. The van der Waals surface area contributed by atoms with E-state index in [0.29, 0.717) is 18.5 Å². The number of sulfonamides is 1. The highest BCUT2D eigenvalue weighted by atomic mass is 35.5. The van der Waals surface area contributed by atoms with Crippen molar-refractivity contribution in [3.8, 4) is 0 Å². The second-order valence-corrected chi connectivity index (χ2v) is 7.88. The number of hydrogen-bond acceptors (Lipinski definition) is 4. The SMILES string of the molecule is NC(=S)c1ccc(S(=O)(=O)NCCc2cccs2)cc1Cl. The largest absolute Gasteiger partial charge is 0.389 e. The third-order valence-corrected chi connectivity index (χ3v) is 5.69. The highest BCUT2D eigenvalue weighted by Crippen LogP contribution is 2.21. The van der Waals surface area contributed by atoms with Crippen molar-refractivity contribution in [2.24, 2.45) is 5.73 Å². The van der Waals surface area contributed by atoms with Gasteiger partial charge < -0.3 is 5.73 Å². The number of hydrogen-bond donors (Lipinski definition) is 2. The Labute approximate surface area is 138 Å². The minimum Gasteiger partial charge on any atom is -0.389 e. The van der Waals surface area contributed by atoms with E-state index in [-0.39, 0.29) is 14.9 Å². The van der Waals surface area contributed by atoms with Crippen molar-refractivity contribution >= 4 is 50.2 Å². The van der Waals surface area contributed by atoms with Crippen LogP contribution >= 0.6 is 35.2 Å². The van der Waals surface area contributed by atoms with Gasteiger partial charge in [0, 0.05) is 17.0 Å². The summed E-state index contributed by atoms with van der Waals surface area (Å²) < 4.78 is 26.9. The van der Waals surface area contributed by atoms with E-state index in [4.69, 9.17) is 29.6 Å². The Kier molecular flexibility index (Phi) is 5.34. The van der Waals surface area contributed by atoms with Crippen LogP contribution in [-0.4, -0.2) is 20.0 Å². The second kappa shape index (κ2) is 6.85. The van der Waals surface area contributed by atoms with Gasteiger partial charge in [-0.3, -0.25) is 0 Å². The number of nitrogens with one attached hydrogen (secondary N) is 1. The van der Waals surface area contributed by atoms with Gasteiger partial charge in [0.2, 0.25) is 10.0 Å². The smallest absolute Gasteiger partial charge is 0.240 e. The maximum atomic E-state index is 12.2. The second-order valence-electron chi connectivity index (χ2n) is 4.23. The van der Waals surface area contributed by atoms with Crippen LogP contribution < -0.4 is 10.5 Å². The van der Waals surface area contributed by atoms with Crippen molar-refractivity contribution in [3.05, 3.63) is 51.2 Å². The lowest BCUT2D eigenvalue weighted by Crippen LogP contribution is -2.26. The van der Waals surface area contributed by atoms with Crippen LogP contribution in [0.5, 0.6) is 0 Å². The van der Waals surface area contributed by atoms with Crippen molar-refractivity contribution < 1.29 is 8.42 Å². The van der Waals surface area contributed by atoms with E-state index >= 15 is 0 Å². The van der Waals surface area contributed by atoms with Crippen molar-refractivity contribution in [2.75, 3.05) is 6.54 Å². The van der Waals surface area contributed by atoms with Gasteiger partial charge in [0.15, 0.2) is 0 Å². The van der Waals surface area contributed by atoms with E-state index in [2.05, 4.69) is 4.72 Å². The fourth-order valence-corrected chi connectivity index (χ4v) is 4.06. The molecule has 1 aromatic heterocycles. The normalized spacial score (nSPS) is 11.5. The van der Waals surface area contributed by atoms with Gasteiger partial charge in [-0.25, -0.2) is 13.1 Å². The number of thiocarbonyl (C=S) groups is 1. The molecule has 0 saturated carbocycles. The molecule has 0 unspecified atom stereocenters. The van der Waals surface area contributed by atoms with E-state index in [1.54, 1.807) is 11.3 Å². The Balaban J connectivity index is 2.08. The Bertz CT molecular complexity index is 743. The van der Waals surface area contributed by atoms with Crippen LogP contribution in [-0.2, 0) is 16.4 Å². The molecule has 8 heteroatoms. The van der Waals surface area contributed by atoms with E-state index in [0.717, 1.165) is 4.88 Å². The van der Waals surface area contributed by atoms with Gasteiger partial charge in [-0.15, -0.1) is 11.3 Å². The monoisotopic (exact) mass is 360 g/mol. The van der Waals surface area contributed by atoms with Crippen LogP contribution in [0.1, 0.15) is 10.4 Å². The van der Waals surface area contributed by atoms with Gasteiger partial charge in [0.05, 0.1) is 9.92 Å². The molecule has 2 rings (SSSR count). The Morgan fingerprint density at radius 1 is 1.38 bits per heavy atom. The molecule has 4 nitrogen and oxygen atoms in total. The zero-order chi connectivity index (χ0) is 15.5. The molecule has 0 aliphatic carbocycles. The molecular weight excluding hydrogens is 348 g/mol. The maximum Gasteiger partial charge on any atom is 0.240 e. The Hall–Kier alpha value is -0.990. The van der Waals surface area contributed by atoms with Gasteiger partial charge in [0.25, 0.3) is 0 Å². The molecule has 0 saturated heterocycles. The van der Waals surface area contributed by atoms with Gasteiger partial charge in [0.1, 0.15) is 4.99 Å². The highest BCUT2D eigenvalue weighted by Gasteiger charge is 2.16. The summed E-state index contributed by atoms with van der Waals surface area (Å²) in [5, 5.41) is 2.18. The number of thiophene rings is 1. The standard InChI is InChI=1S/C13H13ClN2O2S3/c14-12-8-10(3-4-11(12)13(15)19)21(17,18)16-6-5-9-2-1-7-20-9/h1-4,7-8,16H,5-6H2,(H2,15,19). The first kappa shape index (κ1) is 16.4. The topological polar surface area (TPSA) is 72.2 Å². The van der Waals surface area contributed by atoms with Gasteiger partial charge >= 0.3 is 0 Å². The lowest BCUT2D eigenvalue weighted by atomic mass is 10.2. The molecule has 0 radical (unpaired) electrons. The number of halogens is 1. The first-order chi connectivity index (χ1) is 9.90. The fourth-order valence-electron chi connectivity index (χ4n) is 1.71. The molecule has 1 heterocycles. The molecule has 0 atom stereocenters. The average molecular weight is 361 g/mol. The lowest BCUT2D eigenvalue weighted by Gasteiger charge is -2.08. The summed E-state index contributed by atoms with van der Waals surface area (Å²) in [5.41, 5.74) is 5.95. The van der Waals surface area contributed by atoms with Gasteiger partial charge in [-0.1, -0.05) is 29.9 Å². The summed E-state index contributed by atoms with van der Waals surface area (Å²) >= 11 is 12.4. The predicted molar refractivity (Wildman–Crippen MR) is 90.6 cm³/mol. The molecule has 0 aliphatic heterocycles. The number of rotatable bonds is 6. The van der Waals surface area contributed by atoms with E-state index in [9.17, 15) is 8.42 Å². The molecule has 3 N–H and O–H groups in total. The molecule has 0 spiro atoms. The van der Waals surface area contributed by atoms with Gasteiger partial charge in [-0.05, 0) is 36.1 Å². The van der Waals surface area contributed by atoms with E-state index < -0.39 is 10.0 Å². The summed E-state index contributed by atoms with van der Waals surface area (Å²) in [6, 6.07) is 8.20. The zero-order valence-electron chi connectivity index (χ0n) is 10.9. The number of benzene rings is 1. The molecule has 1 aromatic carbocycles. The summed E-state index contributed by atoms with van der Waals surface area (Å²) in [6.45, 7) is 0.331. The van der Waals surface area contributed by atoms with Crippen LogP contribution in [0.2, 0.25) is 5.02 Å². The molecule has 0 fully saturated rings. The highest BCUT2D eigenvalue weighted by molar-refractivity contribution is 7.89. The summed E-state index contributed by atoms with van der Waals surface area (Å²) in [4.78, 5) is 1.35. The third-order valence-electron chi connectivity index (χ3n) is 2.76. The maximum absolute atomic E-state index is 12.2. The van der Waals surface area contributed by atoms with E-state index in [1.807, 2.05) is 17.5 Å². The van der Waals surface area contributed by atoms with Crippen molar-refractivity contribution in [1.82, 2.24) is 4.72 Å². The molecule has 112 valence electrons. The van der Waals surface area contributed by atoms with Crippen molar-refractivity contribution in [1.29, 1.82) is 0 Å². The summed E-state index contributed by atoms with van der Waals surface area (Å²) in [5.74, 6) is 0. The summed E-state index contributed by atoms with van der Waals surface area (Å²) in [6.07, 6.45) is 0.648. The third kappa shape index (κ3) is 4.24. The first-order valence-electron chi connectivity index (χ1n) is 6.01. The Morgan fingerprint density at radius 2 is 2.14 bits per heavy atom. The van der Waals surface area contributed by atoms with Gasteiger partial charge in [-0.2, -0.15) is 0 Å². The molecule has 21 heavy (non-hydrogen) atoms. The molecule has 0 amide bonds. The average Bonchev–Trinajstić information content (AvgIpc) is 2.91. The van der Waals surface area contributed by atoms with Crippen LogP contribution in [0.25, 0.3) is 0 Å². The predicted octanol–water partition coefficient (Wildman–Crippen LogP) is 2.56. The lowest BCUT2D eigenvalue weighted by molar-refractivity contribution is 0.582. The quantitative estimate of drug-likeness (QED) is 0.776. The van der Waals surface area contributed by atoms with Crippen LogP contribution in [0.3, 0.4) is 0 Å². The summed E-state index contributed by atoms with van der Waals surface area (Å²) in [7, 11) is -3.59.